The van der Waals surface area contributed by atoms with Crippen LogP contribution in [0.4, 0.5) is 0 Å². The number of para-hydroxylation sites is 1. The third-order valence-corrected chi connectivity index (χ3v) is 4.22. The third-order valence-electron chi connectivity index (χ3n) is 4.22. The summed E-state index contributed by atoms with van der Waals surface area (Å²) in [6.07, 6.45) is 2.26. The molecule has 0 bridgehead atoms. The first-order valence-electron chi connectivity index (χ1n) is 8.70. The van der Waals surface area contributed by atoms with Crippen molar-refractivity contribution in [3.05, 3.63) is 74.9 Å². The lowest BCUT2D eigenvalue weighted by atomic mass is 10.1. The molecule has 26 heavy (non-hydrogen) atoms. The number of rotatable bonds is 6. The van der Waals surface area contributed by atoms with E-state index < -0.39 is 5.69 Å². The lowest BCUT2D eigenvalue weighted by Gasteiger charge is -2.08. The highest BCUT2D eigenvalue weighted by molar-refractivity contribution is 5.79. The molecule has 1 heterocycles. The van der Waals surface area contributed by atoms with Crippen LogP contribution in [0.15, 0.2) is 58.1 Å². The van der Waals surface area contributed by atoms with Gasteiger partial charge in [-0.2, -0.15) is 0 Å². The maximum atomic E-state index is 12.6. The molecule has 0 saturated heterocycles. The molecule has 0 saturated carbocycles. The van der Waals surface area contributed by atoms with Crippen molar-refractivity contribution in [1.29, 1.82) is 0 Å². The van der Waals surface area contributed by atoms with E-state index in [1.807, 2.05) is 0 Å². The number of nitrogens with one attached hydrogen (secondary N) is 2. The highest BCUT2D eigenvalue weighted by atomic mass is 16.2. The van der Waals surface area contributed by atoms with Crippen LogP contribution < -0.4 is 16.6 Å². The summed E-state index contributed by atoms with van der Waals surface area (Å²) in [5, 5.41) is 3.32. The molecule has 0 radical (unpaired) electrons. The molecule has 0 unspecified atom stereocenters. The van der Waals surface area contributed by atoms with E-state index in [4.69, 9.17) is 0 Å². The van der Waals surface area contributed by atoms with E-state index in [1.165, 1.54) is 0 Å². The standard InChI is InChI=1S/C20H21N3O3/c1-2-3-12-21-18(24)13-14-8-10-15(11-9-14)23-19(25)16-6-4-5-7-17(16)22-20(23)26/h4-11H,2-3,12-13H2,1H3,(H,21,24)(H,22,26). The first-order valence-corrected chi connectivity index (χ1v) is 8.70. The summed E-state index contributed by atoms with van der Waals surface area (Å²) in [5.74, 6) is -0.0353. The zero-order valence-corrected chi connectivity index (χ0v) is 14.6. The number of nitrogens with zero attached hydrogens (tertiary/aromatic N) is 1. The maximum absolute atomic E-state index is 12.6. The molecule has 2 aromatic carbocycles. The molecule has 6 nitrogen and oxygen atoms in total. The fraction of sp³-hybridized carbons (Fsp3) is 0.250. The second-order valence-corrected chi connectivity index (χ2v) is 6.16. The summed E-state index contributed by atoms with van der Waals surface area (Å²) < 4.78 is 1.10. The van der Waals surface area contributed by atoms with Crippen LogP contribution in [-0.4, -0.2) is 22.0 Å². The van der Waals surface area contributed by atoms with Gasteiger partial charge in [-0.25, -0.2) is 9.36 Å². The molecule has 3 aromatic rings. The monoisotopic (exact) mass is 351 g/mol. The number of amides is 1. The van der Waals surface area contributed by atoms with Gasteiger partial charge < -0.3 is 10.3 Å². The highest BCUT2D eigenvalue weighted by Crippen LogP contribution is 2.09. The minimum Gasteiger partial charge on any atom is -0.356 e. The van der Waals surface area contributed by atoms with Gasteiger partial charge in [0.1, 0.15) is 0 Å². The topological polar surface area (TPSA) is 84.0 Å². The molecule has 0 aliphatic carbocycles. The van der Waals surface area contributed by atoms with E-state index in [0.717, 1.165) is 23.0 Å². The van der Waals surface area contributed by atoms with Gasteiger partial charge in [0.2, 0.25) is 5.91 Å². The number of unbranched alkanes of at least 4 members (excludes halogenated alkanes) is 1. The van der Waals surface area contributed by atoms with Crippen molar-refractivity contribution in [3.8, 4) is 5.69 Å². The van der Waals surface area contributed by atoms with Crippen molar-refractivity contribution in [2.45, 2.75) is 26.2 Å². The van der Waals surface area contributed by atoms with Gasteiger partial charge in [0, 0.05) is 6.54 Å². The molecule has 0 fully saturated rings. The predicted molar refractivity (Wildman–Crippen MR) is 102 cm³/mol. The van der Waals surface area contributed by atoms with Gasteiger partial charge in [-0.15, -0.1) is 0 Å². The van der Waals surface area contributed by atoms with Crippen molar-refractivity contribution >= 4 is 16.8 Å². The molecule has 0 aliphatic rings. The van der Waals surface area contributed by atoms with Crippen LogP contribution in [0.3, 0.4) is 0 Å². The van der Waals surface area contributed by atoms with Gasteiger partial charge in [0.25, 0.3) is 5.56 Å². The van der Waals surface area contributed by atoms with Gasteiger partial charge in [-0.05, 0) is 36.2 Å². The molecule has 1 aromatic heterocycles. The van der Waals surface area contributed by atoms with Gasteiger partial charge in [-0.3, -0.25) is 9.59 Å². The molecule has 0 aliphatic heterocycles. The number of carbonyl (C=O) groups is 1. The lowest BCUT2D eigenvalue weighted by Crippen LogP contribution is -2.33. The molecule has 0 spiro atoms. The van der Waals surface area contributed by atoms with Crippen molar-refractivity contribution in [1.82, 2.24) is 14.9 Å². The Morgan fingerprint density at radius 3 is 2.54 bits per heavy atom. The SMILES string of the molecule is CCCCNC(=O)Cc1ccc(-n2c(=O)[nH]c3ccccc3c2=O)cc1. The van der Waals surface area contributed by atoms with Crippen LogP contribution in [0.1, 0.15) is 25.3 Å². The van der Waals surface area contributed by atoms with Crippen LogP contribution in [-0.2, 0) is 11.2 Å². The van der Waals surface area contributed by atoms with E-state index in [1.54, 1.807) is 48.5 Å². The molecule has 134 valence electrons. The number of hydrogen-bond acceptors (Lipinski definition) is 3. The van der Waals surface area contributed by atoms with Gasteiger partial charge in [-0.1, -0.05) is 37.6 Å². The van der Waals surface area contributed by atoms with Crippen LogP contribution in [0.2, 0.25) is 0 Å². The Balaban J connectivity index is 1.85. The molecule has 2 N–H and O–H groups in total. The van der Waals surface area contributed by atoms with Gasteiger partial charge >= 0.3 is 5.69 Å². The van der Waals surface area contributed by atoms with Crippen LogP contribution in [0, 0.1) is 0 Å². The summed E-state index contributed by atoms with van der Waals surface area (Å²) in [4.78, 5) is 39.5. The minimum absolute atomic E-state index is 0.0353. The first kappa shape index (κ1) is 17.7. The normalized spacial score (nSPS) is 10.8. The number of H-pyrrole nitrogens is 1. The summed E-state index contributed by atoms with van der Waals surface area (Å²) in [5.41, 5.74) is 0.956. The molecule has 1 amide bonds. The number of carbonyl (C=O) groups excluding carboxylic acids is 1. The average molecular weight is 351 g/mol. The third kappa shape index (κ3) is 3.74. The zero-order valence-electron chi connectivity index (χ0n) is 14.6. The van der Waals surface area contributed by atoms with Crippen LogP contribution >= 0.6 is 0 Å². The quantitative estimate of drug-likeness (QED) is 0.667. The Bertz CT molecular complexity index is 1030. The second-order valence-electron chi connectivity index (χ2n) is 6.16. The fourth-order valence-electron chi connectivity index (χ4n) is 2.81. The Kier molecular flexibility index (Phi) is 5.31. The van der Waals surface area contributed by atoms with Crippen molar-refractivity contribution in [2.24, 2.45) is 0 Å². The smallest absolute Gasteiger partial charge is 0.333 e. The van der Waals surface area contributed by atoms with Gasteiger partial charge in [0.05, 0.1) is 23.0 Å². The van der Waals surface area contributed by atoms with E-state index in [0.29, 0.717) is 23.1 Å². The maximum Gasteiger partial charge on any atom is 0.333 e. The molecule has 3 rings (SSSR count). The number of fused-ring (bicyclic) bond motifs is 1. The minimum atomic E-state index is -0.487. The second kappa shape index (κ2) is 7.82. The highest BCUT2D eigenvalue weighted by Gasteiger charge is 2.09. The van der Waals surface area contributed by atoms with E-state index >= 15 is 0 Å². The van der Waals surface area contributed by atoms with Crippen molar-refractivity contribution < 1.29 is 4.79 Å². The summed E-state index contributed by atoms with van der Waals surface area (Å²) in [7, 11) is 0. The lowest BCUT2D eigenvalue weighted by molar-refractivity contribution is -0.120. The Labute approximate surface area is 150 Å². The molecule has 0 atom stereocenters. The Hall–Kier alpha value is -3.15. The zero-order chi connectivity index (χ0) is 18.5. The van der Waals surface area contributed by atoms with E-state index in [-0.39, 0.29) is 17.9 Å². The largest absolute Gasteiger partial charge is 0.356 e. The molecular weight excluding hydrogens is 330 g/mol. The predicted octanol–water partition coefficient (Wildman–Crippen LogP) is 2.14. The summed E-state index contributed by atoms with van der Waals surface area (Å²) in [6.45, 7) is 2.75. The summed E-state index contributed by atoms with van der Waals surface area (Å²) in [6, 6.07) is 13.8. The average Bonchev–Trinajstić information content (AvgIpc) is 2.63. The number of hydrogen-bond donors (Lipinski definition) is 2. The van der Waals surface area contributed by atoms with Crippen molar-refractivity contribution in [3.63, 3.8) is 0 Å². The Morgan fingerprint density at radius 1 is 1.08 bits per heavy atom. The van der Waals surface area contributed by atoms with Crippen LogP contribution in [0.5, 0.6) is 0 Å². The molecular formula is C20H21N3O3. The number of aromatic nitrogens is 2. The van der Waals surface area contributed by atoms with Crippen LogP contribution in [0.25, 0.3) is 16.6 Å². The van der Waals surface area contributed by atoms with E-state index in [2.05, 4.69) is 17.2 Å². The van der Waals surface area contributed by atoms with Crippen molar-refractivity contribution in [2.75, 3.05) is 6.54 Å². The van der Waals surface area contributed by atoms with E-state index in [9.17, 15) is 14.4 Å². The van der Waals surface area contributed by atoms with Gasteiger partial charge in [0.15, 0.2) is 0 Å². The molecule has 6 heteroatoms. The number of aromatic amines is 1. The Morgan fingerprint density at radius 2 is 1.81 bits per heavy atom. The fourth-order valence-corrected chi connectivity index (χ4v) is 2.81. The summed E-state index contributed by atoms with van der Waals surface area (Å²) >= 11 is 0. The first-order chi connectivity index (χ1) is 12.6. The number of benzene rings is 2.